The van der Waals surface area contributed by atoms with E-state index in [-0.39, 0.29) is 60.7 Å². The number of carbonyl (C=O) groups excluding carboxylic acids is 3. The second-order valence-electron chi connectivity index (χ2n) is 11.7. The molecule has 1 aliphatic rings. The first-order chi connectivity index (χ1) is 22.5. The molecule has 0 saturated carbocycles. The molecule has 0 bridgehead atoms. The number of rotatable bonds is 20. The Kier molecular flexibility index (Phi) is 13.7. The summed E-state index contributed by atoms with van der Waals surface area (Å²) in [6, 6.07) is 0. The predicted molar refractivity (Wildman–Crippen MR) is 163 cm³/mol. The zero-order valence-corrected chi connectivity index (χ0v) is 29.1. The number of hydrogen-bond acceptors (Lipinski definition) is 17. The molecular formula is C24H38N5O17P3. The number of phosphoric ester groups is 3. The third-order valence-electron chi connectivity index (χ3n) is 7.12. The van der Waals surface area contributed by atoms with E-state index in [2.05, 4.69) is 23.8 Å². The molecule has 2 aromatic heterocycles. The number of nitrogens with two attached hydrogens (primary N) is 1. The fourth-order valence-corrected chi connectivity index (χ4v) is 7.40. The number of aromatic nitrogens is 4. The topological polar surface area (TPSA) is 340 Å². The monoisotopic (exact) mass is 761 g/mol. The molecule has 0 aromatic carbocycles. The van der Waals surface area contributed by atoms with E-state index in [9.17, 15) is 57.9 Å². The molecule has 3 rings (SSSR count). The molecule has 0 aliphatic carbocycles. The Morgan fingerprint density at radius 2 is 1.67 bits per heavy atom. The van der Waals surface area contributed by atoms with Gasteiger partial charge in [-0.05, 0) is 13.3 Å². The second-order valence-corrected chi connectivity index (χ2v) is 16.0. The number of anilines is 1. The Morgan fingerprint density at radius 3 is 2.31 bits per heavy atom. The van der Waals surface area contributed by atoms with Gasteiger partial charge in [0.2, 0.25) is 0 Å². The van der Waals surface area contributed by atoms with Gasteiger partial charge in [-0.3, -0.25) is 27.7 Å². The van der Waals surface area contributed by atoms with Crippen molar-refractivity contribution in [3.8, 4) is 0 Å². The van der Waals surface area contributed by atoms with Gasteiger partial charge in [0.15, 0.2) is 23.5 Å². The van der Waals surface area contributed by atoms with Gasteiger partial charge in [-0.2, -0.15) is 4.31 Å². The first-order valence-electron chi connectivity index (χ1n) is 14.4. The lowest BCUT2D eigenvalue weighted by molar-refractivity contribution is -0.134. The highest BCUT2D eigenvalue weighted by Gasteiger charge is 2.50. The third kappa shape index (κ3) is 11.8. The molecule has 0 spiro atoms. The van der Waals surface area contributed by atoms with Crippen LogP contribution in [0.3, 0.4) is 0 Å². The highest BCUT2D eigenvalue weighted by Crippen LogP contribution is 2.61. The average Bonchev–Trinajstić information content (AvgIpc) is 3.54. The van der Waals surface area contributed by atoms with Crippen molar-refractivity contribution >= 4 is 57.8 Å². The van der Waals surface area contributed by atoms with Gasteiger partial charge < -0.3 is 45.1 Å². The van der Waals surface area contributed by atoms with E-state index >= 15 is 0 Å². The summed E-state index contributed by atoms with van der Waals surface area (Å²) in [7, 11) is -16.3. The van der Waals surface area contributed by atoms with Crippen LogP contribution < -0.4 is 5.73 Å². The van der Waals surface area contributed by atoms with Gasteiger partial charge in [0, 0.05) is 31.1 Å². The largest absolute Gasteiger partial charge is 0.481 e. The molecule has 2 aromatic rings. The lowest BCUT2D eigenvalue weighted by atomic mass is 9.84. The van der Waals surface area contributed by atoms with Crippen LogP contribution in [0.4, 0.5) is 5.82 Å². The molecule has 1 fully saturated rings. The smallest absolute Gasteiger partial charge is 0.386 e. The highest BCUT2D eigenvalue weighted by molar-refractivity contribution is 7.61. The van der Waals surface area contributed by atoms with E-state index in [0.29, 0.717) is 0 Å². The molecule has 1 aliphatic heterocycles. The van der Waals surface area contributed by atoms with Crippen molar-refractivity contribution in [3.63, 3.8) is 0 Å². The summed E-state index contributed by atoms with van der Waals surface area (Å²) in [4.78, 5) is 86.0. The molecule has 3 heterocycles. The number of ketones is 3. The van der Waals surface area contributed by atoms with Gasteiger partial charge in [0.05, 0.1) is 19.5 Å². The fourth-order valence-electron chi connectivity index (χ4n) is 4.57. The Labute approximate surface area is 278 Å². The van der Waals surface area contributed by atoms with Crippen LogP contribution in [-0.2, 0) is 50.7 Å². The summed E-state index contributed by atoms with van der Waals surface area (Å²) in [5.41, 5.74) is 4.34. The summed E-state index contributed by atoms with van der Waals surface area (Å²) in [6.45, 7) is 1.95. The number of imidazole rings is 1. The third-order valence-corrected chi connectivity index (χ3v) is 10.2. The van der Waals surface area contributed by atoms with Gasteiger partial charge in [-0.25, -0.2) is 28.6 Å². The van der Waals surface area contributed by atoms with Crippen molar-refractivity contribution in [1.29, 1.82) is 0 Å². The molecule has 22 nitrogen and oxygen atoms in total. The van der Waals surface area contributed by atoms with Crippen molar-refractivity contribution in [2.75, 3.05) is 18.9 Å². The summed E-state index contributed by atoms with van der Waals surface area (Å²) < 4.78 is 61.8. The fraction of sp³-hybridized carbons (Fsp3) is 0.667. The molecule has 49 heavy (non-hydrogen) atoms. The number of nitrogen functional groups attached to an aromatic ring is 1. The molecule has 7 unspecified atom stereocenters. The number of carbonyl (C=O) groups is 3. The van der Waals surface area contributed by atoms with Crippen LogP contribution in [0.2, 0.25) is 0 Å². The van der Waals surface area contributed by atoms with E-state index in [1.165, 1.54) is 20.8 Å². The predicted octanol–water partition coefficient (Wildman–Crippen LogP) is 0.460. The van der Waals surface area contributed by atoms with Gasteiger partial charge in [0.1, 0.15) is 47.8 Å². The van der Waals surface area contributed by atoms with Crippen molar-refractivity contribution in [1.82, 2.24) is 19.5 Å². The molecule has 0 radical (unpaired) electrons. The van der Waals surface area contributed by atoms with Crippen LogP contribution in [0, 0.1) is 5.41 Å². The van der Waals surface area contributed by atoms with E-state index in [1.807, 2.05) is 0 Å². The number of hydrogen-bond donors (Lipinski definition) is 7. The van der Waals surface area contributed by atoms with Crippen molar-refractivity contribution < 1.29 is 80.5 Å². The zero-order chi connectivity index (χ0) is 36.9. The van der Waals surface area contributed by atoms with Crippen LogP contribution >= 0.6 is 23.5 Å². The number of ether oxygens (including phenoxy) is 1. The molecule has 25 heteroatoms. The Hall–Kier alpha value is -2.39. The van der Waals surface area contributed by atoms with Gasteiger partial charge in [0.25, 0.3) is 0 Å². The number of nitrogens with zero attached hydrogens (tertiary/aromatic N) is 4. The molecule has 0 amide bonds. The van der Waals surface area contributed by atoms with E-state index in [0.717, 1.165) is 17.2 Å². The van der Waals surface area contributed by atoms with Gasteiger partial charge in [-0.1, -0.05) is 13.8 Å². The van der Waals surface area contributed by atoms with E-state index in [1.54, 1.807) is 0 Å². The summed E-state index contributed by atoms with van der Waals surface area (Å²) in [6.07, 6.45) is -6.61. The minimum atomic E-state index is -5.54. The number of Topliss-reactive ketones (excluding diaryl/α,β-unsaturated/α-hetero) is 3. The summed E-state index contributed by atoms with van der Waals surface area (Å²) in [5.74, 6) is -1.15. The quantitative estimate of drug-likeness (QED) is 0.0901. The van der Waals surface area contributed by atoms with Crippen LogP contribution in [0.25, 0.3) is 11.2 Å². The SMILES string of the molecule is CC(=O)CCC(=O)CCCC(=O)C(O)C(C)(C)COP(=O)(O)OP(=O)(O)OCC1OC(n2cnc3c(N)ncnc32)C(O)C1OP(=O)(O)O. The number of fused-ring (bicyclic) bond motifs is 1. The average molecular weight is 762 g/mol. The molecule has 276 valence electrons. The Balaban J connectivity index is 1.59. The second kappa shape index (κ2) is 16.3. The molecule has 7 atom stereocenters. The normalized spacial score (nSPS) is 23.2. The molecule has 1 saturated heterocycles. The lowest BCUT2D eigenvalue weighted by Gasteiger charge is -2.30. The minimum absolute atomic E-state index is 0.00362. The number of aliphatic hydroxyl groups is 2. The van der Waals surface area contributed by atoms with Crippen molar-refractivity contribution in [3.05, 3.63) is 12.7 Å². The van der Waals surface area contributed by atoms with Gasteiger partial charge >= 0.3 is 23.5 Å². The Bertz CT molecular complexity index is 1660. The number of aliphatic hydroxyl groups excluding tert-OH is 2. The van der Waals surface area contributed by atoms with Crippen molar-refractivity contribution in [2.45, 2.75) is 83.5 Å². The molecule has 8 N–H and O–H groups in total. The first kappa shape index (κ1) is 41.0. The Morgan fingerprint density at radius 1 is 1.02 bits per heavy atom. The van der Waals surface area contributed by atoms with E-state index < -0.39 is 78.5 Å². The van der Waals surface area contributed by atoms with Crippen LogP contribution in [-0.4, -0.2) is 104 Å². The minimum Gasteiger partial charge on any atom is -0.386 e. The summed E-state index contributed by atoms with van der Waals surface area (Å²) >= 11 is 0. The van der Waals surface area contributed by atoms with Crippen molar-refractivity contribution in [2.24, 2.45) is 5.41 Å². The van der Waals surface area contributed by atoms with E-state index in [4.69, 9.17) is 19.5 Å². The maximum atomic E-state index is 12.6. The highest BCUT2D eigenvalue weighted by atomic mass is 31.3. The van der Waals surface area contributed by atoms with Crippen LogP contribution in [0.1, 0.15) is 59.1 Å². The van der Waals surface area contributed by atoms with Crippen LogP contribution in [0.15, 0.2) is 12.7 Å². The standard InChI is InChI=1S/C24H38N5O17P3/c1-13(30)7-8-14(31)5-4-6-15(32)20(34)24(2,3)10-43-49(40,41)46-48(38,39)42-9-16-19(45-47(35,36)37)18(33)23(44-16)29-12-28-17-21(25)26-11-27-22(17)29/h11-12,16,18-20,23,33-34H,4-10H2,1-3H3,(H,38,39)(H,40,41)(H2,25,26,27)(H2,35,36,37). The first-order valence-corrected chi connectivity index (χ1v) is 18.9. The maximum absolute atomic E-state index is 12.6. The summed E-state index contributed by atoms with van der Waals surface area (Å²) in [5, 5.41) is 21.3. The zero-order valence-electron chi connectivity index (χ0n) is 26.4. The van der Waals surface area contributed by atoms with Gasteiger partial charge in [-0.15, -0.1) is 0 Å². The molecular weight excluding hydrogens is 723 g/mol. The number of phosphoric acid groups is 3. The van der Waals surface area contributed by atoms with Crippen LogP contribution in [0.5, 0.6) is 0 Å². The lowest BCUT2D eigenvalue weighted by Crippen LogP contribution is -2.39. The maximum Gasteiger partial charge on any atom is 0.481 e.